The number of halogens is 1. The largest absolute Gasteiger partial charge is 0.373 e. The van der Waals surface area contributed by atoms with Crippen molar-refractivity contribution in [2.75, 3.05) is 37.7 Å². The molecule has 2 aliphatic heterocycles. The average Bonchev–Trinajstić information content (AvgIpc) is 3.27. The summed E-state index contributed by atoms with van der Waals surface area (Å²) in [6.45, 7) is 7.96. The highest BCUT2D eigenvalue weighted by Crippen LogP contribution is 2.34. The van der Waals surface area contributed by atoms with Crippen LogP contribution in [0.5, 0.6) is 0 Å². The summed E-state index contributed by atoms with van der Waals surface area (Å²) in [5.41, 5.74) is 2.49. The van der Waals surface area contributed by atoms with Crippen LogP contribution in [0, 0.1) is 18.7 Å². The Balaban J connectivity index is 1.39. The van der Waals surface area contributed by atoms with Crippen molar-refractivity contribution in [2.45, 2.75) is 45.3 Å². The minimum atomic E-state index is -0.270. The zero-order valence-electron chi connectivity index (χ0n) is 19.1. The highest BCUT2D eigenvalue weighted by Gasteiger charge is 2.28. The van der Waals surface area contributed by atoms with Crippen molar-refractivity contribution in [3.8, 4) is 0 Å². The van der Waals surface area contributed by atoms with Crippen LogP contribution in [-0.2, 0) is 4.74 Å². The van der Waals surface area contributed by atoms with E-state index in [0.717, 1.165) is 44.9 Å². The van der Waals surface area contributed by atoms with Gasteiger partial charge in [-0.15, -0.1) is 0 Å². The molecule has 3 atom stereocenters. The first-order valence-corrected chi connectivity index (χ1v) is 11.7. The van der Waals surface area contributed by atoms with E-state index in [1.807, 2.05) is 4.90 Å². The zero-order chi connectivity index (χ0) is 22.3. The van der Waals surface area contributed by atoms with E-state index < -0.39 is 0 Å². The lowest BCUT2D eigenvalue weighted by Gasteiger charge is -2.31. The number of benzene rings is 1. The molecule has 4 rings (SSSR count). The SMILES string of the molecule is CCNC(=NCC1CCCOC1c1ccc(C)cc1)NC1CCN(c2ncccc2F)C1. The minimum Gasteiger partial charge on any atom is -0.373 e. The topological polar surface area (TPSA) is 61.8 Å². The van der Waals surface area contributed by atoms with Gasteiger partial charge < -0.3 is 20.3 Å². The molecule has 2 saturated heterocycles. The predicted molar refractivity (Wildman–Crippen MR) is 127 cm³/mol. The molecular formula is C25H34FN5O. The van der Waals surface area contributed by atoms with Crippen LogP contribution in [0.2, 0.25) is 0 Å². The van der Waals surface area contributed by atoms with Crippen molar-refractivity contribution in [1.82, 2.24) is 15.6 Å². The van der Waals surface area contributed by atoms with Gasteiger partial charge in [-0.25, -0.2) is 9.37 Å². The summed E-state index contributed by atoms with van der Waals surface area (Å²) in [5, 5.41) is 6.91. The van der Waals surface area contributed by atoms with Gasteiger partial charge in [0.25, 0.3) is 0 Å². The van der Waals surface area contributed by atoms with Crippen LogP contribution >= 0.6 is 0 Å². The molecule has 2 fully saturated rings. The third-order valence-corrected chi connectivity index (χ3v) is 6.25. The maximum Gasteiger partial charge on any atom is 0.191 e. The molecule has 0 aliphatic carbocycles. The van der Waals surface area contributed by atoms with Gasteiger partial charge in [-0.1, -0.05) is 29.8 Å². The Bertz CT molecular complexity index is 903. The van der Waals surface area contributed by atoms with E-state index in [1.54, 1.807) is 12.3 Å². The first-order chi connectivity index (χ1) is 15.6. The monoisotopic (exact) mass is 439 g/mol. The smallest absolute Gasteiger partial charge is 0.191 e. The van der Waals surface area contributed by atoms with Crippen LogP contribution < -0.4 is 15.5 Å². The number of hydrogen-bond acceptors (Lipinski definition) is 4. The highest BCUT2D eigenvalue weighted by molar-refractivity contribution is 5.80. The number of nitrogens with zero attached hydrogens (tertiary/aromatic N) is 3. The van der Waals surface area contributed by atoms with Crippen molar-refractivity contribution in [3.05, 3.63) is 59.5 Å². The molecule has 3 unspecified atom stereocenters. The highest BCUT2D eigenvalue weighted by atomic mass is 19.1. The fourth-order valence-corrected chi connectivity index (χ4v) is 4.56. The molecule has 3 heterocycles. The quantitative estimate of drug-likeness (QED) is 0.529. The van der Waals surface area contributed by atoms with Crippen molar-refractivity contribution in [2.24, 2.45) is 10.9 Å². The lowest BCUT2D eigenvalue weighted by atomic mass is 9.89. The van der Waals surface area contributed by atoms with E-state index in [1.165, 1.54) is 17.2 Å². The number of anilines is 1. The Morgan fingerprint density at radius 3 is 2.88 bits per heavy atom. The number of pyridine rings is 1. The van der Waals surface area contributed by atoms with Crippen molar-refractivity contribution in [3.63, 3.8) is 0 Å². The van der Waals surface area contributed by atoms with Gasteiger partial charge in [0.15, 0.2) is 17.6 Å². The average molecular weight is 440 g/mol. The van der Waals surface area contributed by atoms with Crippen LogP contribution in [-0.4, -0.2) is 49.8 Å². The first kappa shape index (κ1) is 22.5. The number of ether oxygens (including phenoxy) is 1. The van der Waals surface area contributed by atoms with E-state index >= 15 is 0 Å². The molecule has 0 amide bonds. The molecule has 0 radical (unpaired) electrons. The molecule has 2 aromatic rings. The van der Waals surface area contributed by atoms with Crippen LogP contribution in [0.4, 0.5) is 10.2 Å². The number of aliphatic imine (C=N–C) groups is 1. The van der Waals surface area contributed by atoms with Gasteiger partial charge in [-0.3, -0.25) is 4.99 Å². The second kappa shape index (κ2) is 10.8. The summed E-state index contributed by atoms with van der Waals surface area (Å²) >= 11 is 0. The number of hydrogen-bond donors (Lipinski definition) is 2. The molecule has 0 spiro atoms. The Morgan fingerprint density at radius 2 is 2.09 bits per heavy atom. The predicted octanol–water partition coefficient (Wildman–Crippen LogP) is 3.83. The van der Waals surface area contributed by atoms with Crippen molar-refractivity contribution >= 4 is 11.8 Å². The molecule has 7 heteroatoms. The molecule has 0 bridgehead atoms. The maximum absolute atomic E-state index is 14.1. The van der Waals surface area contributed by atoms with Crippen LogP contribution in [0.1, 0.15) is 43.4 Å². The lowest BCUT2D eigenvalue weighted by Crippen LogP contribution is -2.45. The number of aryl methyl sites for hydroxylation is 1. The van der Waals surface area contributed by atoms with Crippen molar-refractivity contribution in [1.29, 1.82) is 0 Å². The fraction of sp³-hybridized carbons (Fsp3) is 0.520. The minimum absolute atomic E-state index is 0.0880. The molecular weight excluding hydrogens is 405 g/mol. The second-order valence-corrected chi connectivity index (χ2v) is 8.71. The maximum atomic E-state index is 14.1. The summed E-state index contributed by atoms with van der Waals surface area (Å²) < 4.78 is 20.3. The van der Waals surface area contributed by atoms with E-state index in [9.17, 15) is 4.39 Å². The Morgan fingerprint density at radius 1 is 1.25 bits per heavy atom. The molecule has 2 aliphatic rings. The lowest BCUT2D eigenvalue weighted by molar-refractivity contribution is -0.0250. The molecule has 0 saturated carbocycles. The third-order valence-electron chi connectivity index (χ3n) is 6.25. The summed E-state index contributed by atoms with van der Waals surface area (Å²) in [4.78, 5) is 11.1. The van der Waals surface area contributed by atoms with E-state index in [4.69, 9.17) is 9.73 Å². The molecule has 32 heavy (non-hydrogen) atoms. The number of aromatic nitrogens is 1. The zero-order valence-corrected chi connectivity index (χ0v) is 19.1. The number of guanidine groups is 1. The van der Waals surface area contributed by atoms with Gasteiger partial charge in [0.05, 0.1) is 6.10 Å². The van der Waals surface area contributed by atoms with E-state index in [2.05, 4.69) is 53.7 Å². The van der Waals surface area contributed by atoms with Gasteiger partial charge in [0.2, 0.25) is 0 Å². The van der Waals surface area contributed by atoms with Gasteiger partial charge >= 0.3 is 0 Å². The summed E-state index contributed by atoms with van der Waals surface area (Å²) in [7, 11) is 0. The Labute approximate surface area is 190 Å². The van der Waals surface area contributed by atoms with Crippen molar-refractivity contribution < 1.29 is 9.13 Å². The molecule has 172 valence electrons. The Hall–Kier alpha value is -2.67. The van der Waals surface area contributed by atoms with E-state index in [0.29, 0.717) is 24.8 Å². The number of rotatable bonds is 6. The van der Waals surface area contributed by atoms with Gasteiger partial charge in [-0.2, -0.15) is 0 Å². The third kappa shape index (κ3) is 5.57. The van der Waals surface area contributed by atoms with E-state index in [-0.39, 0.29) is 18.0 Å². The molecule has 6 nitrogen and oxygen atoms in total. The van der Waals surface area contributed by atoms with Crippen LogP contribution in [0.3, 0.4) is 0 Å². The summed E-state index contributed by atoms with van der Waals surface area (Å²) in [6.07, 6.45) is 4.82. The molecule has 1 aromatic heterocycles. The van der Waals surface area contributed by atoms with Crippen LogP contribution in [0.25, 0.3) is 0 Å². The molecule has 2 N–H and O–H groups in total. The van der Waals surface area contributed by atoms with Gasteiger partial charge in [0.1, 0.15) is 0 Å². The summed E-state index contributed by atoms with van der Waals surface area (Å²) in [5.74, 6) is 1.32. The fourth-order valence-electron chi connectivity index (χ4n) is 4.56. The Kier molecular flexibility index (Phi) is 7.58. The first-order valence-electron chi connectivity index (χ1n) is 11.7. The van der Waals surface area contributed by atoms with Gasteiger partial charge in [-0.05, 0) is 50.8 Å². The normalized spacial score (nSPS) is 23.9. The second-order valence-electron chi connectivity index (χ2n) is 8.71. The van der Waals surface area contributed by atoms with Crippen LogP contribution in [0.15, 0.2) is 47.6 Å². The standard InChI is InChI=1S/C25H34FN5O/c1-3-27-25(30-21-12-14-31(17-21)24-22(26)7-4-13-28-24)29-16-20-6-5-15-32-23(20)19-10-8-18(2)9-11-19/h4,7-11,13,20-21,23H,3,5-6,12,14-17H2,1-2H3,(H2,27,29,30). The summed E-state index contributed by atoms with van der Waals surface area (Å²) in [6, 6.07) is 11.9. The molecule has 1 aromatic carbocycles. The number of nitrogens with one attached hydrogen (secondary N) is 2. The van der Waals surface area contributed by atoms with Gasteiger partial charge in [0, 0.05) is 50.9 Å².